The third-order valence-electron chi connectivity index (χ3n) is 5.55. The van der Waals surface area contributed by atoms with Gasteiger partial charge in [0, 0.05) is 42.4 Å². The van der Waals surface area contributed by atoms with Crippen LogP contribution in [-0.2, 0) is 4.79 Å². The minimum Gasteiger partial charge on any atom is -0.508 e. The molecule has 2 aromatic rings. The molecule has 26 heavy (non-hydrogen) atoms. The van der Waals surface area contributed by atoms with Gasteiger partial charge >= 0.3 is 0 Å². The lowest BCUT2D eigenvalue weighted by molar-refractivity contribution is -0.116. The number of fused-ring (bicyclic) bond motifs is 1. The van der Waals surface area contributed by atoms with Crippen molar-refractivity contribution in [1.82, 2.24) is 0 Å². The van der Waals surface area contributed by atoms with Crippen LogP contribution in [-0.4, -0.2) is 31.2 Å². The zero-order chi connectivity index (χ0) is 18.3. The molecule has 2 heterocycles. The van der Waals surface area contributed by atoms with E-state index in [1.165, 1.54) is 18.5 Å². The van der Waals surface area contributed by atoms with E-state index >= 15 is 0 Å². The van der Waals surface area contributed by atoms with E-state index in [0.717, 1.165) is 35.5 Å². The van der Waals surface area contributed by atoms with Gasteiger partial charge in [-0.3, -0.25) is 4.79 Å². The number of benzene rings is 2. The van der Waals surface area contributed by atoms with Crippen molar-refractivity contribution in [2.75, 3.05) is 30.4 Å². The molecular formula is C21H24N2O3. The highest BCUT2D eigenvalue weighted by molar-refractivity contribution is 5.97. The van der Waals surface area contributed by atoms with Crippen LogP contribution in [0.15, 0.2) is 30.3 Å². The largest absolute Gasteiger partial charge is 0.508 e. The SMILES string of the molecule is COc1ccc(O)c(C2CC(=O)Nc3c2ccc(N2CCCC2)c3C)c1. The number of hydrogen-bond acceptors (Lipinski definition) is 4. The average molecular weight is 352 g/mol. The number of aromatic hydroxyl groups is 1. The molecule has 1 amide bonds. The lowest BCUT2D eigenvalue weighted by atomic mass is 9.82. The Morgan fingerprint density at radius 3 is 2.65 bits per heavy atom. The topological polar surface area (TPSA) is 61.8 Å². The van der Waals surface area contributed by atoms with Gasteiger partial charge in [-0.25, -0.2) is 0 Å². The van der Waals surface area contributed by atoms with Gasteiger partial charge in [-0.05, 0) is 55.2 Å². The molecule has 0 aliphatic carbocycles. The van der Waals surface area contributed by atoms with E-state index in [1.807, 2.05) is 6.07 Å². The van der Waals surface area contributed by atoms with Crippen molar-refractivity contribution in [3.8, 4) is 11.5 Å². The number of ether oxygens (including phenoxy) is 1. The van der Waals surface area contributed by atoms with Gasteiger partial charge in [0.05, 0.1) is 7.11 Å². The molecule has 2 aliphatic rings. The van der Waals surface area contributed by atoms with Crippen LogP contribution in [0.5, 0.6) is 11.5 Å². The summed E-state index contributed by atoms with van der Waals surface area (Å²) >= 11 is 0. The molecule has 0 spiro atoms. The number of phenolic OH excluding ortho intramolecular Hbond substituents is 1. The standard InChI is InChI=1S/C21H24N2O3/c1-13-18(23-9-3-4-10-23)7-6-15-16(12-20(25)22-21(13)15)17-11-14(26-2)5-8-19(17)24/h5-8,11,16,24H,3-4,9-10,12H2,1-2H3,(H,22,25). The van der Waals surface area contributed by atoms with Crippen molar-refractivity contribution in [2.45, 2.75) is 32.1 Å². The van der Waals surface area contributed by atoms with Crippen LogP contribution in [0.1, 0.15) is 41.9 Å². The predicted molar refractivity (Wildman–Crippen MR) is 102 cm³/mol. The van der Waals surface area contributed by atoms with Crippen LogP contribution in [0.3, 0.4) is 0 Å². The molecule has 1 saturated heterocycles. The summed E-state index contributed by atoms with van der Waals surface area (Å²) in [7, 11) is 1.60. The number of carbonyl (C=O) groups excluding carboxylic acids is 1. The van der Waals surface area contributed by atoms with E-state index < -0.39 is 0 Å². The molecule has 2 aliphatic heterocycles. The van der Waals surface area contributed by atoms with E-state index in [0.29, 0.717) is 12.2 Å². The summed E-state index contributed by atoms with van der Waals surface area (Å²) in [6.45, 7) is 4.20. The van der Waals surface area contributed by atoms with E-state index in [2.05, 4.69) is 29.3 Å². The van der Waals surface area contributed by atoms with Crippen LogP contribution < -0.4 is 15.0 Å². The lowest BCUT2D eigenvalue weighted by Gasteiger charge is -2.31. The quantitative estimate of drug-likeness (QED) is 0.882. The fraction of sp³-hybridized carbons (Fsp3) is 0.381. The van der Waals surface area contributed by atoms with E-state index in [9.17, 15) is 9.90 Å². The van der Waals surface area contributed by atoms with E-state index in [1.54, 1.807) is 19.2 Å². The summed E-state index contributed by atoms with van der Waals surface area (Å²) in [6, 6.07) is 9.43. The number of hydrogen-bond donors (Lipinski definition) is 2. The molecule has 4 rings (SSSR count). The fourth-order valence-electron chi connectivity index (χ4n) is 4.18. The third-order valence-corrected chi connectivity index (χ3v) is 5.55. The zero-order valence-corrected chi connectivity index (χ0v) is 15.2. The van der Waals surface area contributed by atoms with Gasteiger partial charge in [0.2, 0.25) is 5.91 Å². The Labute approximate surface area is 153 Å². The number of rotatable bonds is 3. The Balaban J connectivity index is 1.81. The number of nitrogens with one attached hydrogen (secondary N) is 1. The van der Waals surface area contributed by atoms with Gasteiger partial charge in [0.15, 0.2) is 0 Å². The number of amides is 1. The molecule has 1 atom stereocenters. The molecule has 136 valence electrons. The minimum atomic E-state index is -0.180. The molecule has 0 aromatic heterocycles. The summed E-state index contributed by atoms with van der Waals surface area (Å²) in [5.74, 6) is 0.667. The predicted octanol–water partition coefficient (Wildman–Crippen LogP) is 3.78. The summed E-state index contributed by atoms with van der Waals surface area (Å²) in [4.78, 5) is 14.8. The maximum Gasteiger partial charge on any atom is 0.225 e. The first-order valence-electron chi connectivity index (χ1n) is 9.13. The van der Waals surface area contributed by atoms with Crippen LogP contribution in [0.25, 0.3) is 0 Å². The van der Waals surface area contributed by atoms with Gasteiger partial charge in [-0.2, -0.15) is 0 Å². The Bertz CT molecular complexity index is 857. The molecular weight excluding hydrogens is 328 g/mol. The monoisotopic (exact) mass is 352 g/mol. The highest BCUT2D eigenvalue weighted by atomic mass is 16.5. The van der Waals surface area contributed by atoms with Crippen molar-refractivity contribution in [3.63, 3.8) is 0 Å². The Morgan fingerprint density at radius 1 is 1.15 bits per heavy atom. The second-order valence-corrected chi connectivity index (χ2v) is 7.10. The molecule has 1 fully saturated rings. The van der Waals surface area contributed by atoms with Gasteiger partial charge in [-0.1, -0.05) is 6.07 Å². The minimum absolute atomic E-state index is 0.0219. The van der Waals surface area contributed by atoms with E-state index in [-0.39, 0.29) is 17.6 Å². The third kappa shape index (κ3) is 2.77. The molecule has 0 bridgehead atoms. The second kappa shape index (κ2) is 6.56. The van der Waals surface area contributed by atoms with Crippen LogP contribution in [0.4, 0.5) is 11.4 Å². The van der Waals surface area contributed by atoms with Crippen LogP contribution >= 0.6 is 0 Å². The number of methoxy groups -OCH3 is 1. The number of carbonyl (C=O) groups is 1. The first kappa shape index (κ1) is 16.8. The molecule has 0 saturated carbocycles. The molecule has 2 N–H and O–H groups in total. The summed E-state index contributed by atoms with van der Waals surface area (Å²) in [5.41, 5.74) is 4.96. The maximum atomic E-state index is 12.4. The highest BCUT2D eigenvalue weighted by Gasteiger charge is 2.31. The molecule has 5 heteroatoms. The van der Waals surface area contributed by atoms with Crippen LogP contribution in [0.2, 0.25) is 0 Å². The van der Waals surface area contributed by atoms with Gasteiger partial charge < -0.3 is 20.1 Å². The lowest BCUT2D eigenvalue weighted by Crippen LogP contribution is -2.26. The molecule has 2 aromatic carbocycles. The first-order valence-corrected chi connectivity index (χ1v) is 9.13. The molecule has 5 nitrogen and oxygen atoms in total. The zero-order valence-electron chi connectivity index (χ0n) is 15.2. The first-order chi connectivity index (χ1) is 12.6. The number of phenols is 1. The number of anilines is 2. The van der Waals surface area contributed by atoms with Gasteiger partial charge in [0.25, 0.3) is 0 Å². The summed E-state index contributed by atoms with van der Waals surface area (Å²) in [6.07, 6.45) is 2.74. The summed E-state index contributed by atoms with van der Waals surface area (Å²) in [5, 5.41) is 13.5. The van der Waals surface area contributed by atoms with E-state index in [4.69, 9.17) is 4.74 Å². The molecule has 0 radical (unpaired) electrons. The molecule has 1 unspecified atom stereocenters. The van der Waals surface area contributed by atoms with Crippen molar-refractivity contribution < 1.29 is 14.6 Å². The smallest absolute Gasteiger partial charge is 0.225 e. The van der Waals surface area contributed by atoms with Crippen molar-refractivity contribution in [2.24, 2.45) is 0 Å². The average Bonchev–Trinajstić information content (AvgIpc) is 3.17. The fourth-order valence-corrected chi connectivity index (χ4v) is 4.18. The second-order valence-electron chi connectivity index (χ2n) is 7.10. The van der Waals surface area contributed by atoms with Crippen molar-refractivity contribution >= 4 is 17.3 Å². The Kier molecular flexibility index (Phi) is 4.23. The Hall–Kier alpha value is -2.69. The Morgan fingerprint density at radius 2 is 1.92 bits per heavy atom. The summed E-state index contributed by atoms with van der Waals surface area (Å²) < 4.78 is 5.31. The maximum absolute atomic E-state index is 12.4. The highest BCUT2D eigenvalue weighted by Crippen LogP contribution is 2.45. The van der Waals surface area contributed by atoms with Crippen molar-refractivity contribution in [3.05, 3.63) is 47.0 Å². The van der Waals surface area contributed by atoms with Crippen molar-refractivity contribution in [1.29, 1.82) is 0 Å². The number of nitrogens with zero attached hydrogens (tertiary/aromatic N) is 1. The van der Waals surface area contributed by atoms with Gasteiger partial charge in [0.1, 0.15) is 11.5 Å². The van der Waals surface area contributed by atoms with Gasteiger partial charge in [-0.15, -0.1) is 0 Å². The normalized spacial score (nSPS) is 19.2. The van der Waals surface area contributed by atoms with Crippen LogP contribution in [0, 0.1) is 6.92 Å².